The Labute approximate surface area is 235 Å². The third-order valence-electron chi connectivity index (χ3n) is 5.64. The van der Waals surface area contributed by atoms with Gasteiger partial charge in [-0.3, -0.25) is 9.36 Å². The van der Waals surface area contributed by atoms with Gasteiger partial charge in [0.15, 0.2) is 22.5 Å². The topological polar surface area (TPSA) is 126 Å². The summed E-state index contributed by atoms with van der Waals surface area (Å²) in [6.45, 7) is 0. The first kappa shape index (κ1) is 28.2. The van der Waals surface area contributed by atoms with Gasteiger partial charge in [-0.15, -0.1) is 10.2 Å². The van der Waals surface area contributed by atoms with E-state index >= 15 is 0 Å². The minimum atomic E-state index is -0.425. The molecule has 12 heteroatoms. The van der Waals surface area contributed by atoms with Crippen LogP contribution in [0.25, 0.3) is 17.1 Å². The van der Waals surface area contributed by atoms with E-state index in [2.05, 4.69) is 25.5 Å². The molecule has 3 aromatic carbocycles. The fourth-order valence-corrected chi connectivity index (χ4v) is 4.48. The highest BCUT2D eigenvalue weighted by Gasteiger charge is 2.21. The van der Waals surface area contributed by atoms with Gasteiger partial charge in [0.25, 0.3) is 5.91 Å². The van der Waals surface area contributed by atoms with Crippen LogP contribution in [-0.2, 0) is 9.53 Å². The molecule has 1 heterocycles. The van der Waals surface area contributed by atoms with Crippen LogP contribution in [0.4, 0.5) is 0 Å². The van der Waals surface area contributed by atoms with Gasteiger partial charge in [-0.1, -0.05) is 42.1 Å². The van der Waals surface area contributed by atoms with Crippen LogP contribution in [0.15, 0.2) is 77.0 Å². The number of hydrazone groups is 1. The van der Waals surface area contributed by atoms with E-state index in [0.717, 1.165) is 5.69 Å². The number of hydrogen-bond donors (Lipinski definition) is 1. The smallest absolute Gasteiger partial charge is 0.337 e. The molecule has 0 atom stereocenters. The molecule has 4 rings (SSSR count). The zero-order valence-corrected chi connectivity index (χ0v) is 23.1. The highest BCUT2D eigenvalue weighted by molar-refractivity contribution is 7.99. The van der Waals surface area contributed by atoms with Crippen molar-refractivity contribution in [3.05, 3.63) is 77.9 Å². The fraction of sp³-hybridized carbons (Fsp3) is 0.179. The van der Waals surface area contributed by atoms with E-state index < -0.39 is 5.97 Å². The summed E-state index contributed by atoms with van der Waals surface area (Å²) >= 11 is 1.21. The lowest BCUT2D eigenvalue weighted by atomic mass is 10.1. The average Bonchev–Trinajstić information content (AvgIpc) is 3.43. The minimum Gasteiger partial charge on any atom is -0.493 e. The highest BCUT2D eigenvalue weighted by atomic mass is 32.2. The van der Waals surface area contributed by atoms with Crippen LogP contribution in [0.1, 0.15) is 15.9 Å². The molecule has 206 valence electrons. The quantitative estimate of drug-likeness (QED) is 0.125. The predicted molar refractivity (Wildman–Crippen MR) is 151 cm³/mol. The lowest BCUT2D eigenvalue weighted by Crippen LogP contribution is -2.20. The predicted octanol–water partition coefficient (Wildman–Crippen LogP) is 3.99. The molecule has 0 unspecified atom stereocenters. The Morgan fingerprint density at radius 2 is 1.60 bits per heavy atom. The van der Waals surface area contributed by atoms with E-state index in [1.807, 2.05) is 34.9 Å². The van der Waals surface area contributed by atoms with Crippen molar-refractivity contribution in [1.82, 2.24) is 20.2 Å². The van der Waals surface area contributed by atoms with Gasteiger partial charge in [0.1, 0.15) is 0 Å². The van der Waals surface area contributed by atoms with Gasteiger partial charge in [-0.25, -0.2) is 10.2 Å². The zero-order valence-electron chi connectivity index (χ0n) is 22.3. The van der Waals surface area contributed by atoms with Crippen LogP contribution in [0, 0.1) is 0 Å². The monoisotopic (exact) mass is 561 g/mol. The third kappa shape index (κ3) is 6.41. The van der Waals surface area contributed by atoms with Crippen LogP contribution in [0.5, 0.6) is 17.2 Å². The fourth-order valence-electron chi connectivity index (χ4n) is 3.73. The Kier molecular flexibility index (Phi) is 9.36. The maximum Gasteiger partial charge on any atom is 0.337 e. The highest BCUT2D eigenvalue weighted by Crippen LogP contribution is 2.41. The molecule has 1 amide bonds. The number of aromatic nitrogens is 3. The molecule has 0 fully saturated rings. The number of ether oxygens (including phenoxy) is 4. The number of carbonyl (C=O) groups excluding carboxylic acids is 2. The molecule has 0 saturated carbocycles. The number of nitrogens with zero attached hydrogens (tertiary/aromatic N) is 4. The van der Waals surface area contributed by atoms with Gasteiger partial charge in [0.05, 0.1) is 46.0 Å². The molecule has 40 heavy (non-hydrogen) atoms. The minimum absolute atomic E-state index is 0.0405. The standard InChI is InChI=1S/C28H27N5O6S/c1-36-22-14-20(15-23(37-2)25(22)38-3)26-31-32-28(33(26)21-8-6-5-7-9-21)40-17-24(34)30-29-16-18-10-12-19(13-11-18)27(35)39-4/h5-16H,17H2,1-4H3,(H,30,34). The van der Waals surface area contributed by atoms with Gasteiger partial charge >= 0.3 is 5.97 Å². The number of nitrogens with one attached hydrogen (secondary N) is 1. The van der Waals surface area contributed by atoms with Crippen molar-refractivity contribution in [3.8, 4) is 34.3 Å². The molecule has 0 radical (unpaired) electrons. The van der Waals surface area contributed by atoms with E-state index in [1.165, 1.54) is 32.2 Å². The summed E-state index contributed by atoms with van der Waals surface area (Å²) in [6, 6.07) is 19.8. The maximum absolute atomic E-state index is 12.5. The number of methoxy groups -OCH3 is 4. The van der Waals surface area contributed by atoms with Crippen LogP contribution in [0.3, 0.4) is 0 Å². The molecule has 1 N–H and O–H groups in total. The normalized spacial score (nSPS) is 10.8. The van der Waals surface area contributed by atoms with Crippen molar-refractivity contribution in [2.24, 2.45) is 5.10 Å². The Morgan fingerprint density at radius 1 is 0.925 bits per heavy atom. The van der Waals surface area contributed by atoms with Gasteiger partial charge in [-0.2, -0.15) is 5.10 Å². The summed E-state index contributed by atoms with van der Waals surface area (Å²) in [6.07, 6.45) is 1.48. The van der Waals surface area contributed by atoms with Crippen molar-refractivity contribution in [2.75, 3.05) is 34.2 Å². The Balaban J connectivity index is 1.53. The molecule has 0 spiro atoms. The first-order valence-electron chi connectivity index (χ1n) is 11.9. The number of rotatable bonds is 11. The van der Waals surface area contributed by atoms with Gasteiger partial charge < -0.3 is 18.9 Å². The molecule has 0 bridgehead atoms. The van der Waals surface area contributed by atoms with E-state index in [1.54, 1.807) is 50.6 Å². The van der Waals surface area contributed by atoms with Crippen LogP contribution in [0.2, 0.25) is 0 Å². The molecular formula is C28H27N5O6S. The van der Waals surface area contributed by atoms with E-state index in [-0.39, 0.29) is 11.7 Å². The number of amides is 1. The number of esters is 1. The van der Waals surface area contributed by atoms with Crippen LogP contribution in [-0.4, -0.2) is 67.0 Å². The average molecular weight is 562 g/mol. The lowest BCUT2D eigenvalue weighted by molar-refractivity contribution is -0.118. The van der Waals surface area contributed by atoms with Crippen molar-refractivity contribution < 1.29 is 28.5 Å². The number of hydrogen-bond acceptors (Lipinski definition) is 10. The molecule has 0 aliphatic carbocycles. The van der Waals surface area contributed by atoms with Gasteiger partial charge in [-0.05, 0) is 42.0 Å². The molecule has 0 aliphatic rings. The summed E-state index contributed by atoms with van der Waals surface area (Å²) in [7, 11) is 5.95. The zero-order chi connectivity index (χ0) is 28.5. The van der Waals surface area contributed by atoms with Crippen molar-refractivity contribution in [2.45, 2.75) is 5.16 Å². The van der Waals surface area contributed by atoms with Gasteiger partial charge in [0, 0.05) is 11.3 Å². The SMILES string of the molecule is COC(=O)c1ccc(C=NNC(=O)CSc2nnc(-c3cc(OC)c(OC)c(OC)c3)n2-c2ccccc2)cc1. The summed E-state index contributed by atoms with van der Waals surface area (Å²) < 4.78 is 23.0. The van der Waals surface area contributed by atoms with Gasteiger partial charge in [0.2, 0.25) is 5.75 Å². The molecular weight excluding hydrogens is 534 g/mol. The molecule has 0 aliphatic heterocycles. The number of carbonyl (C=O) groups is 2. The van der Waals surface area contributed by atoms with Crippen LogP contribution >= 0.6 is 11.8 Å². The van der Waals surface area contributed by atoms with Crippen molar-refractivity contribution in [1.29, 1.82) is 0 Å². The van der Waals surface area contributed by atoms with Crippen molar-refractivity contribution >= 4 is 29.9 Å². The molecule has 1 aromatic heterocycles. The molecule has 11 nitrogen and oxygen atoms in total. The largest absolute Gasteiger partial charge is 0.493 e. The number of para-hydroxylation sites is 1. The van der Waals surface area contributed by atoms with E-state index in [4.69, 9.17) is 14.2 Å². The Bertz CT molecular complexity index is 1480. The second-order valence-corrected chi connectivity index (χ2v) is 9.03. The number of benzene rings is 3. The molecule has 0 saturated heterocycles. The molecule has 4 aromatic rings. The summed E-state index contributed by atoms with van der Waals surface area (Å²) in [5.74, 6) is 1.23. The summed E-state index contributed by atoms with van der Waals surface area (Å²) in [5, 5.41) is 13.3. The Morgan fingerprint density at radius 3 is 2.20 bits per heavy atom. The maximum atomic E-state index is 12.5. The lowest BCUT2D eigenvalue weighted by Gasteiger charge is -2.15. The Hall–Kier alpha value is -4.84. The van der Waals surface area contributed by atoms with Crippen LogP contribution < -0.4 is 19.6 Å². The van der Waals surface area contributed by atoms with E-state index in [0.29, 0.717) is 44.9 Å². The first-order valence-corrected chi connectivity index (χ1v) is 12.9. The second kappa shape index (κ2) is 13.3. The van der Waals surface area contributed by atoms with E-state index in [9.17, 15) is 9.59 Å². The second-order valence-electron chi connectivity index (χ2n) is 8.09. The van der Waals surface area contributed by atoms with Crippen molar-refractivity contribution in [3.63, 3.8) is 0 Å². The summed E-state index contributed by atoms with van der Waals surface area (Å²) in [4.78, 5) is 24.1. The first-order chi connectivity index (χ1) is 19.5. The third-order valence-corrected chi connectivity index (χ3v) is 6.57. The number of thioether (sulfide) groups is 1. The summed E-state index contributed by atoms with van der Waals surface area (Å²) in [5.41, 5.74) is 5.13.